The molecule has 0 aliphatic rings. The fourth-order valence-electron chi connectivity index (χ4n) is 1.36. The van der Waals surface area contributed by atoms with Crippen molar-refractivity contribution in [3.8, 4) is 11.5 Å². The molecule has 3 nitrogen and oxygen atoms in total. The van der Waals surface area contributed by atoms with E-state index in [0.29, 0.717) is 10.2 Å². The third-order valence-electron chi connectivity index (χ3n) is 2.47. The predicted octanol–water partition coefficient (Wildman–Crippen LogP) is 4.12. The van der Waals surface area contributed by atoms with Gasteiger partial charge >= 0.3 is 12.1 Å². The smallest absolute Gasteiger partial charge is 0.457 e. The van der Waals surface area contributed by atoms with Gasteiger partial charge in [0.1, 0.15) is 11.5 Å². The van der Waals surface area contributed by atoms with Crippen LogP contribution in [0.3, 0.4) is 0 Å². The van der Waals surface area contributed by atoms with E-state index in [-0.39, 0.29) is 10.2 Å². The highest BCUT2D eigenvalue weighted by molar-refractivity contribution is 9.11. The van der Waals surface area contributed by atoms with Crippen LogP contribution in [0.2, 0.25) is 0 Å². The van der Waals surface area contributed by atoms with Crippen molar-refractivity contribution in [1.29, 1.82) is 0 Å². The van der Waals surface area contributed by atoms with Crippen LogP contribution in [-0.2, 0) is 0 Å². The summed E-state index contributed by atoms with van der Waals surface area (Å²) in [6.45, 7) is -1.01. The third kappa shape index (κ3) is 3.98. The Morgan fingerprint density at radius 1 is 1.10 bits per heavy atom. The lowest BCUT2D eigenvalue weighted by atomic mass is 10.1. The van der Waals surface area contributed by atoms with E-state index < -0.39 is 24.7 Å². The van der Waals surface area contributed by atoms with E-state index in [4.69, 9.17) is 15.2 Å². The van der Waals surface area contributed by atoms with Crippen molar-refractivity contribution >= 4 is 31.9 Å². The molecule has 1 rings (SSSR count). The number of alkyl halides is 5. The normalized spacial score (nSPS) is 14.0. The molecular formula is C11H10Br2F5NO2. The van der Waals surface area contributed by atoms with Crippen LogP contribution in [0.5, 0.6) is 11.5 Å². The number of hydrogen-bond acceptors (Lipinski definition) is 3. The molecule has 0 amide bonds. The largest absolute Gasteiger partial charge is 0.496 e. The lowest BCUT2D eigenvalue weighted by Gasteiger charge is -2.28. The van der Waals surface area contributed by atoms with Crippen LogP contribution in [0, 0.1) is 0 Å². The second kappa shape index (κ2) is 6.66. The maximum Gasteiger partial charge on any atom is 0.457 e. The fraction of sp³-hybridized carbons (Fsp3) is 0.455. The zero-order valence-corrected chi connectivity index (χ0v) is 13.7. The van der Waals surface area contributed by atoms with Gasteiger partial charge in [0.05, 0.1) is 16.1 Å². The molecule has 2 N–H and O–H groups in total. The molecule has 0 aliphatic heterocycles. The maximum absolute atomic E-state index is 13.3. The number of halogens is 7. The van der Waals surface area contributed by atoms with E-state index in [9.17, 15) is 22.0 Å². The van der Waals surface area contributed by atoms with Crippen LogP contribution >= 0.6 is 31.9 Å². The summed E-state index contributed by atoms with van der Waals surface area (Å²) in [6, 6.07) is 2.57. The van der Waals surface area contributed by atoms with Crippen LogP contribution in [0.25, 0.3) is 0 Å². The summed E-state index contributed by atoms with van der Waals surface area (Å²) >= 11 is 6.08. The van der Waals surface area contributed by atoms with Crippen molar-refractivity contribution in [2.75, 3.05) is 13.7 Å². The molecule has 120 valence electrons. The summed E-state index contributed by atoms with van der Waals surface area (Å²) in [7, 11) is 1.37. The first-order chi connectivity index (χ1) is 9.54. The summed E-state index contributed by atoms with van der Waals surface area (Å²) < 4.78 is 73.8. The molecule has 1 atom stereocenters. The molecule has 0 bridgehead atoms. The summed E-state index contributed by atoms with van der Waals surface area (Å²) in [5.41, 5.74) is 4.99. The van der Waals surface area contributed by atoms with Crippen LogP contribution in [0.4, 0.5) is 22.0 Å². The Bertz CT molecular complexity index is 510. The second-order valence-corrected chi connectivity index (χ2v) is 5.59. The van der Waals surface area contributed by atoms with Crippen molar-refractivity contribution in [2.45, 2.75) is 18.2 Å². The number of rotatable bonds is 5. The first kappa shape index (κ1) is 18.4. The molecule has 1 unspecified atom stereocenters. The second-order valence-electron chi connectivity index (χ2n) is 3.88. The van der Waals surface area contributed by atoms with Crippen molar-refractivity contribution in [1.82, 2.24) is 0 Å². The van der Waals surface area contributed by atoms with Crippen molar-refractivity contribution in [3.63, 3.8) is 0 Å². The van der Waals surface area contributed by atoms with Gasteiger partial charge in [0.25, 0.3) is 0 Å². The molecule has 0 spiro atoms. The molecule has 1 aromatic carbocycles. The first-order valence-electron chi connectivity index (χ1n) is 5.38. The molecule has 0 aliphatic carbocycles. The molecular weight excluding hydrogens is 433 g/mol. The fourth-order valence-corrected chi connectivity index (χ4v) is 2.26. The molecule has 0 radical (unpaired) electrons. The summed E-state index contributed by atoms with van der Waals surface area (Å²) in [4.78, 5) is 0. The van der Waals surface area contributed by atoms with Gasteiger partial charge < -0.3 is 15.2 Å². The zero-order chi connectivity index (χ0) is 16.4. The quantitative estimate of drug-likeness (QED) is 0.697. The van der Waals surface area contributed by atoms with Gasteiger partial charge in [-0.3, -0.25) is 0 Å². The van der Waals surface area contributed by atoms with Crippen LogP contribution in [-0.4, -0.2) is 31.9 Å². The highest BCUT2D eigenvalue weighted by atomic mass is 79.9. The summed E-state index contributed by atoms with van der Waals surface area (Å²) in [5, 5.41) is 0. The Hall–Kier alpha value is -0.610. The number of methoxy groups -OCH3 is 1. The maximum atomic E-state index is 13.3. The zero-order valence-electron chi connectivity index (χ0n) is 10.5. The van der Waals surface area contributed by atoms with Crippen molar-refractivity contribution in [3.05, 3.63) is 21.1 Å². The van der Waals surface area contributed by atoms with E-state index >= 15 is 0 Å². The molecule has 0 fully saturated rings. The highest BCUT2D eigenvalue weighted by Gasteiger charge is 2.63. The van der Waals surface area contributed by atoms with Gasteiger partial charge in [0.2, 0.25) is 0 Å². The minimum Gasteiger partial charge on any atom is -0.496 e. The van der Waals surface area contributed by atoms with Gasteiger partial charge in [0, 0.05) is 6.54 Å². The lowest BCUT2D eigenvalue weighted by Crippen LogP contribution is -2.53. The average Bonchev–Trinajstić information content (AvgIpc) is 2.37. The van der Waals surface area contributed by atoms with E-state index in [1.807, 2.05) is 0 Å². The number of nitrogens with two attached hydrogens (primary N) is 1. The van der Waals surface area contributed by atoms with Crippen molar-refractivity contribution < 1.29 is 31.4 Å². The van der Waals surface area contributed by atoms with Gasteiger partial charge in [-0.05, 0) is 44.0 Å². The van der Waals surface area contributed by atoms with Crippen LogP contribution in [0.1, 0.15) is 0 Å². The Kier molecular flexibility index (Phi) is 5.84. The third-order valence-corrected chi connectivity index (χ3v) is 3.71. The SMILES string of the molecule is COc1cc(Br)c(OC(CN)C(F)(F)C(F)(F)F)cc1Br. The van der Waals surface area contributed by atoms with Crippen molar-refractivity contribution in [2.24, 2.45) is 5.73 Å². The van der Waals surface area contributed by atoms with Gasteiger partial charge in [-0.15, -0.1) is 0 Å². The monoisotopic (exact) mass is 441 g/mol. The molecule has 0 aromatic heterocycles. The average molecular weight is 443 g/mol. The van der Waals surface area contributed by atoms with E-state index in [0.717, 1.165) is 0 Å². The summed E-state index contributed by atoms with van der Waals surface area (Å²) in [5.74, 6) is -4.95. The highest BCUT2D eigenvalue weighted by Crippen LogP contribution is 2.42. The lowest BCUT2D eigenvalue weighted by molar-refractivity contribution is -0.307. The summed E-state index contributed by atoms with van der Waals surface area (Å²) in [6.07, 6.45) is -8.30. The number of ether oxygens (including phenoxy) is 2. The van der Waals surface area contributed by atoms with E-state index in [1.165, 1.54) is 19.2 Å². The minimum absolute atomic E-state index is 0.152. The van der Waals surface area contributed by atoms with E-state index in [1.54, 1.807) is 0 Å². The minimum atomic E-state index is -5.76. The predicted molar refractivity (Wildman–Crippen MR) is 72.9 cm³/mol. The Morgan fingerprint density at radius 2 is 1.57 bits per heavy atom. The molecule has 0 saturated heterocycles. The number of benzene rings is 1. The van der Waals surface area contributed by atoms with Gasteiger partial charge in [-0.2, -0.15) is 22.0 Å². The Morgan fingerprint density at radius 3 is 2.00 bits per heavy atom. The molecule has 0 saturated carbocycles. The Balaban J connectivity index is 3.11. The molecule has 21 heavy (non-hydrogen) atoms. The van der Waals surface area contributed by atoms with Gasteiger partial charge in [-0.1, -0.05) is 0 Å². The van der Waals surface area contributed by atoms with Crippen LogP contribution in [0.15, 0.2) is 21.1 Å². The molecule has 1 aromatic rings. The standard InChI is InChI=1S/C11H10Br2F5NO2/c1-20-7-2-6(13)8(3-5(7)12)21-9(4-19)10(14,15)11(16,17)18/h2-3,9H,4,19H2,1H3. The first-order valence-corrected chi connectivity index (χ1v) is 6.97. The van der Waals surface area contributed by atoms with Gasteiger partial charge in [0.15, 0.2) is 6.10 Å². The Labute approximate surface area is 133 Å². The van der Waals surface area contributed by atoms with E-state index in [2.05, 4.69) is 31.9 Å². The van der Waals surface area contributed by atoms with Crippen LogP contribution < -0.4 is 15.2 Å². The number of hydrogen-bond donors (Lipinski definition) is 1. The van der Waals surface area contributed by atoms with Gasteiger partial charge in [-0.25, -0.2) is 0 Å². The molecule has 10 heteroatoms. The topological polar surface area (TPSA) is 44.5 Å². The molecule has 0 heterocycles.